The summed E-state index contributed by atoms with van der Waals surface area (Å²) in [6.07, 6.45) is 1.46. The zero-order valence-electron chi connectivity index (χ0n) is 19.8. The van der Waals surface area contributed by atoms with Crippen molar-refractivity contribution in [3.05, 3.63) is 0 Å². The second-order valence-electron chi connectivity index (χ2n) is 8.49. The number of aliphatic carboxylic acids is 2. The molecule has 0 spiro atoms. The van der Waals surface area contributed by atoms with Gasteiger partial charge in [-0.3, -0.25) is 19.2 Å². The van der Waals surface area contributed by atoms with E-state index in [9.17, 15) is 29.1 Å². The molecule has 0 saturated heterocycles. The molecule has 190 valence electrons. The van der Waals surface area contributed by atoms with Crippen LogP contribution in [0.15, 0.2) is 0 Å². The first-order valence-electron chi connectivity index (χ1n) is 11.2. The van der Waals surface area contributed by atoms with E-state index >= 15 is 0 Å². The predicted octanol–water partition coefficient (Wildman–Crippen LogP) is -0.841. The largest absolute Gasteiger partial charge is 0.481 e. The Balaban J connectivity index is 5.41. The number of hydrogen-bond donors (Lipinski definition) is 7. The van der Waals surface area contributed by atoms with Gasteiger partial charge in [-0.05, 0) is 31.2 Å². The molecule has 0 radical (unpaired) electrons. The van der Waals surface area contributed by atoms with Crippen molar-refractivity contribution in [2.24, 2.45) is 23.3 Å². The fourth-order valence-corrected chi connectivity index (χ4v) is 3.02. The van der Waals surface area contributed by atoms with Gasteiger partial charge in [0.25, 0.3) is 0 Å². The summed E-state index contributed by atoms with van der Waals surface area (Å²) in [5.41, 5.74) is 11.3. The van der Waals surface area contributed by atoms with Crippen molar-refractivity contribution in [3.63, 3.8) is 0 Å². The van der Waals surface area contributed by atoms with Crippen LogP contribution in [0.3, 0.4) is 0 Å². The van der Waals surface area contributed by atoms with Crippen LogP contribution in [-0.2, 0) is 24.0 Å². The molecule has 0 aliphatic carbocycles. The molecular formula is C21H39N5O7. The standard InChI is InChI=1S/C21H39N5O7/c1-5-12(4)17(20(31)24-14(21(32)33)10-15(27)28)26-19(30)16(11(2)3)25-18(29)13(23)8-6-7-9-22/h11-14,16-17H,5-10,22-23H2,1-4H3,(H,24,31)(H,25,29)(H,26,30)(H,27,28)(H,32,33). The van der Waals surface area contributed by atoms with E-state index in [1.54, 1.807) is 27.7 Å². The molecule has 3 amide bonds. The van der Waals surface area contributed by atoms with E-state index in [0.717, 1.165) is 6.42 Å². The molecule has 0 saturated carbocycles. The molecule has 0 aliphatic rings. The highest BCUT2D eigenvalue weighted by Crippen LogP contribution is 2.11. The highest BCUT2D eigenvalue weighted by molar-refractivity contribution is 5.94. The summed E-state index contributed by atoms with van der Waals surface area (Å²) in [4.78, 5) is 60.3. The number of carboxylic acids is 2. The molecule has 0 heterocycles. The second kappa shape index (κ2) is 15.2. The van der Waals surface area contributed by atoms with E-state index in [1.807, 2.05) is 0 Å². The fourth-order valence-electron chi connectivity index (χ4n) is 3.02. The molecular weight excluding hydrogens is 434 g/mol. The minimum Gasteiger partial charge on any atom is -0.481 e. The monoisotopic (exact) mass is 473 g/mol. The summed E-state index contributed by atoms with van der Waals surface area (Å²) >= 11 is 0. The van der Waals surface area contributed by atoms with Gasteiger partial charge in [0.05, 0.1) is 12.5 Å². The molecule has 33 heavy (non-hydrogen) atoms. The van der Waals surface area contributed by atoms with Crippen LogP contribution in [0.2, 0.25) is 0 Å². The van der Waals surface area contributed by atoms with Gasteiger partial charge in [-0.15, -0.1) is 0 Å². The third-order valence-electron chi connectivity index (χ3n) is 5.34. The van der Waals surface area contributed by atoms with Crippen molar-refractivity contribution >= 4 is 29.7 Å². The second-order valence-corrected chi connectivity index (χ2v) is 8.49. The lowest BCUT2D eigenvalue weighted by atomic mass is 9.96. The maximum Gasteiger partial charge on any atom is 0.326 e. The zero-order chi connectivity index (χ0) is 25.7. The average molecular weight is 474 g/mol. The number of nitrogens with two attached hydrogens (primary N) is 2. The Kier molecular flexibility index (Phi) is 13.9. The van der Waals surface area contributed by atoms with E-state index in [0.29, 0.717) is 25.8 Å². The van der Waals surface area contributed by atoms with Crippen LogP contribution in [0.4, 0.5) is 0 Å². The molecule has 5 unspecified atom stereocenters. The quantitative estimate of drug-likeness (QED) is 0.139. The van der Waals surface area contributed by atoms with Crippen molar-refractivity contribution in [3.8, 4) is 0 Å². The lowest BCUT2D eigenvalue weighted by molar-refractivity contribution is -0.147. The van der Waals surface area contributed by atoms with Crippen molar-refractivity contribution in [2.75, 3.05) is 6.54 Å². The molecule has 0 aromatic rings. The van der Waals surface area contributed by atoms with Crippen LogP contribution in [0, 0.1) is 11.8 Å². The summed E-state index contributed by atoms with van der Waals surface area (Å²) in [6.45, 7) is 7.39. The number of nitrogens with one attached hydrogen (secondary N) is 3. The molecule has 0 fully saturated rings. The Labute approximate surface area is 194 Å². The Morgan fingerprint density at radius 3 is 1.85 bits per heavy atom. The van der Waals surface area contributed by atoms with Gasteiger partial charge in [0.1, 0.15) is 18.1 Å². The minimum atomic E-state index is -1.65. The maximum absolute atomic E-state index is 13.0. The van der Waals surface area contributed by atoms with Gasteiger partial charge >= 0.3 is 11.9 Å². The van der Waals surface area contributed by atoms with Crippen LogP contribution >= 0.6 is 0 Å². The van der Waals surface area contributed by atoms with Crippen LogP contribution in [0.1, 0.15) is 59.8 Å². The van der Waals surface area contributed by atoms with Crippen molar-refractivity contribution < 1.29 is 34.2 Å². The topological polar surface area (TPSA) is 214 Å². The van der Waals surface area contributed by atoms with E-state index in [1.165, 1.54) is 0 Å². The highest BCUT2D eigenvalue weighted by Gasteiger charge is 2.34. The maximum atomic E-state index is 13.0. The van der Waals surface area contributed by atoms with Crippen LogP contribution in [0.5, 0.6) is 0 Å². The fraction of sp³-hybridized carbons (Fsp3) is 0.762. The van der Waals surface area contributed by atoms with E-state index in [-0.39, 0.29) is 5.92 Å². The van der Waals surface area contributed by atoms with Gasteiger partial charge in [0.15, 0.2) is 0 Å². The molecule has 12 nitrogen and oxygen atoms in total. The first-order valence-corrected chi connectivity index (χ1v) is 11.2. The molecule has 0 rings (SSSR count). The van der Waals surface area contributed by atoms with Gasteiger partial charge in [0.2, 0.25) is 17.7 Å². The number of carbonyl (C=O) groups excluding carboxylic acids is 3. The Hall–Kier alpha value is -2.73. The number of carbonyl (C=O) groups is 5. The molecule has 0 aromatic carbocycles. The van der Waals surface area contributed by atoms with Gasteiger partial charge in [-0.2, -0.15) is 0 Å². The number of carboxylic acid groups (broad SMARTS) is 2. The Morgan fingerprint density at radius 2 is 1.39 bits per heavy atom. The minimum absolute atomic E-state index is 0.329. The summed E-state index contributed by atoms with van der Waals surface area (Å²) in [6, 6.07) is -4.57. The van der Waals surface area contributed by atoms with E-state index in [4.69, 9.17) is 16.6 Å². The van der Waals surface area contributed by atoms with Gasteiger partial charge < -0.3 is 37.6 Å². The van der Waals surface area contributed by atoms with Gasteiger partial charge in [0, 0.05) is 0 Å². The first-order chi connectivity index (χ1) is 15.3. The van der Waals surface area contributed by atoms with Crippen molar-refractivity contribution in [1.82, 2.24) is 16.0 Å². The molecule has 12 heteroatoms. The molecule has 0 aliphatic heterocycles. The van der Waals surface area contributed by atoms with Gasteiger partial charge in [-0.1, -0.05) is 40.5 Å². The van der Waals surface area contributed by atoms with E-state index in [2.05, 4.69) is 16.0 Å². The third-order valence-corrected chi connectivity index (χ3v) is 5.34. The third kappa shape index (κ3) is 11.1. The summed E-state index contributed by atoms with van der Waals surface area (Å²) < 4.78 is 0. The smallest absolute Gasteiger partial charge is 0.326 e. The Morgan fingerprint density at radius 1 is 0.848 bits per heavy atom. The summed E-state index contributed by atoms with van der Waals surface area (Å²) in [7, 11) is 0. The number of rotatable bonds is 16. The summed E-state index contributed by atoms with van der Waals surface area (Å²) in [5, 5.41) is 25.4. The van der Waals surface area contributed by atoms with Crippen LogP contribution < -0.4 is 27.4 Å². The predicted molar refractivity (Wildman–Crippen MR) is 121 cm³/mol. The average Bonchev–Trinajstić information content (AvgIpc) is 2.73. The van der Waals surface area contributed by atoms with Crippen molar-refractivity contribution in [2.45, 2.75) is 84.0 Å². The van der Waals surface area contributed by atoms with Crippen LogP contribution in [0.25, 0.3) is 0 Å². The summed E-state index contributed by atoms with van der Waals surface area (Å²) in [5.74, 6) is -5.57. The van der Waals surface area contributed by atoms with Crippen molar-refractivity contribution in [1.29, 1.82) is 0 Å². The Bertz CT molecular complexity index is 686. The highest BCUT2D eigenvalue weighted by atomic mass is 16.4. The molecule has 9 N–H and O–H groups in total. The number of unbranched alkanes of at least 4 members (excludes halogenated alkanes) is 1. The zero-order valence-corrected chi connectivity index (χ0v) is 19.8. The lowest BCUT2D eigenvalue weighted by Crippen LogP contribution is -2.59. The first kappa shape index (κ1) is 30.3. The molecule has 0 aromatic heterocycles. The van der Waals surface area contributed by atoms with E-state index < -0.39 is 66.2 Å². The molecule has 0 bridgehead atoms. The molecule has 5 atom stereocenters. The van der Waals surface area contributed by atoms with Gasteiger partial charge in [-0.25, -0.2) is 4.79 Å². The number of hydrogen-bond acceptors (Lipinski definition) is 7. The lowest BCUT2D eigenvalue weighted by Gasteiger charge is -2.29. The number of amides is 3. The van der Waals surface area contributed by atoms with Crippen LogP contribution in [-0.4, -0.2) is 70.6 Å². The normalized spacial score (nSPS) is 15.6. The SMILES string of the molecule is CCC(C)C(NC(=O)C(NC(=O)C(N)CCCCN)C(C)C)C(=O)NC(CC(=O)O)C(=O)O.